The lowest BCUT2D eigenvalue weighted by molar-refractivity contribution is -0.150. The fourth-order valence-corrected chi connectivity index (χ4v) is 1.67. The molecule has 0 aromatic rings. The molecule has 82 valence electrons. The van der Waals surface area contributed by atoms with E-state index in [0.29, 0.717) is 6.54 Å². The summed E-state index contributed by atoms with van der Waals surface area (Å²) in [6, 6.07) is 0. The van der Waals surface area contributed by atoms with Crippen molar-refractivity contribution in [2.75, 3.05) is 13.7 Å². The van der Waals surface area contributed by atoms with Crippen molar-refractivity contribution >= 4 is 5.97 Å². The summed E-state index contributed by atoms with van der Waals surface area (Å²) in [7, 11) is 1.44. The van der Waals surface area contributed by atoms with Gasteiger partial charge in [0.15, 0.2) is 0 Å². The molecule has 0 heterocycles. The van der Waals surface area contributed by atoms with Crippen LogP contribution in [-0.2, 0) is 9.53 Å². The summed E-state index contributed by atoms with van der Waals surface area (Å²) in [6.45, 7) is 6.72. The van der Waals surface area contributed by atoms with Gasteiger partial charge in [0.1, 0.15) is 0 Å². The van der Waals surface area contributed by atoms with Gasteiger partial charge in [0, 0.05) is 12.1 Å². The topological polar surface area (TPSA) is 38.3 Å². The van der Waals surface area contributed by atoms with Crippen LogP contribution in [0, 0.1) is 5.41 Å². The summed E-state index contributed by atoms with van der Waals surface area (Å²) >= 11 is 0. The standard InChI is InChI=1S/C11H21NO2/c1-10(2,9(13)14-4)8-12-11(3)6-5-7-11/h12H,5-8H2,1-4H3. The van der Waals surface area contributed by atoms with Crippen LogP contribution < -0.4 is 5.32 Å². The molecule has 0 radical (unpaired) electrons. The lowest BCUT2D eigenvalue weighted by Gasteiger charge is -2.41. The first-order valence-electron chi connectivity index (χ1n) is 5.23. The molecule has 1 rings (SSSR count). The minimum Gasteiger partial charge on any atom is -0.469 e. The highest BCUT2D eigenvalue weighted by Crippen LogP contribution is 2.31. The van der Waals surface area contributed by atoms with Gasteiger partial charge >= 0.3 is 5.97 Å². The molecule has 3 heteroatoms. The van der Waals surface area contributed by atoms with Crippen molar-refractivity contribution in [3.8, 4) is 0 Å². The Morgan fingerprint density at radius 1 is 1.50 bits per heavy atom. The highest BCUT2D eigenvalue weighted by atomic mass is 16.5. The molecular formula is C11H21NO2. The third kappa shape index (κ3) is 2.47. The summed E-state index contributed by atoms with van der Waals surface area (Å²) in [5, 5.41) is 3.45. The van der Waals surface area contributed by atoms with Crippen molar-refractivity contribution in [2.24, 2.45) is 5.41 Å². The van der Waals surface area contributed by atoms with E-state index in [4.69, 9.17) is 4.74 Å². The average molecular weight is 199 g/mol. The summed E-state index contributed by atoms with van der Waals surface area (Å²) in [6.07, 6.45) is 3.72. The quantitative estimate of drug-likeness (QED) is 0.701. The first-order chi connectivity index (χ1) is 6.40. The molecule has 0 spiro atoms. The molecule has 14 heavy (non-hydrogen) atoms. The van der Waals surface area contributed by atoms with Crippen molar-refractivity contribution < 1.29 is 9.53 Å². The van der Waals surface area contributed by atoms with Crippen LogP contribution in [0.1, 0.15) is 40.0 Å². The highest BCUT2D eigenvalue weighted by molar-refractivity contribution is 5.76. The maximum atomic E-state index is 11.4. The van der Waals surface area contributed by atoms with Crippen LogP contribution in [0.5, 0.6) is 0 Å². The Balaban J connectivity index is 2.39. The minimum absolute atomic E-state index is 0.145. The van der Waals surface area contributed by atoms with Gasteiger partial charge in [-0.2, -0.15) is 0 Å². The van der Waals surface area contributed by atoms with Crippen molar-refractivity contribution in [2.45, 2.75) is 45.6 Å². The normalized spacial score (nSPS) is 20.0. The Labute approximate surface area is 86.2 Å². The Morgan fingerprint density at radius 3 is 2.43 bits per heavy atom. The molecule has 0 unspecified atom stereocenters. The Kier molecular flexibility index (Phi) is 3.20. The maximum absolute atomic E-state index is 11.4. The zero-order valence-corrected chi connectivity index (χ0v) is 9.64. The number of rotatable bonds is 4. The Bertz CT molecular complexity index is 219. The summed E-state index contributed by atoms with van der Waals surface area (Å²) in [4.78, 5) is 11.4. The zero-order valence-electron chi connectivity index (χ0n) is 9.64. The fourth-order valence-electron chi connectivity index (χ4n) is 1.67. The smallest absolute Gasteiger partial charge is 0.312 e. The van der Waals surface area contributed by atoms with Crippen LogP contribution in [0.4, 0.5) is 0 Å². The molecule has 0 aromatic carbocycles. The molecule has 0 aliphatic heterocycles. The van der Waals surface area contributed by atoms with Gasteiger partial charge in [0.25, 0.3) is 0 Å². The molecule has 0 bridgehead atoms. The van der Waals surface area contributed by atoms with Crippen LogP contribution in [0.2, 0.25) is 0 Å². The molecule has 0 saturated heterocycles. The van der Waals surface area contributed by atoms with E-state index in [1.165, 1.54) is 26.4 Å². The second-order valence-corrected chi connectivity index (χ2v) is 5.14. The van der Waals surface area contributed by atoms with E-state index >= 15 is 0 Å². The zero-order chi connectivity index (χ0) is 10.8. The molecule has 0 amide bonds. The number of esters is 1. The van der Waals surface area contributed by atoms with E-state index in [1.807, 2.05) is 13.8 Å². The number of hydrogen-bond acceptors (Lipinski definition) is 3. The van der Waals surface area contributed by atoms with Crippen LogP contribution in [-0.4, -0.2) is 25.2 Å². The van der Waals surface area contributed by atoms with Crippen LogP contribution in [0.3, 0.4) is 0 Å². The number of carbonyl (C=O) groups excluding carboxylic acids is 1. The maximum Gasteiger partial charge on any atom is 0.312 e. The SMILES string of the molecule is COC(=O)C(C)(C)CNC1(C)CCC1. The van der Waals surface area contributed by atoms with Gasteiger partial charge in [0.05, 0.1) is 12.5 Å². The van der Waals surface area contributed by atoms with Gasteiger partial charge in [-0.25, -0.2) is 0 Å². The molecular weight excluding hydrogens is 178 g/mol. The van der Waals surface area contributed by atoms with Gasteiger partial charge in [-0.15, -0.1) is 0 Å². The predicted molar refractivity (Wildman–Crippen MR) is 56.1 cm³/mol. The molecule has 1 fully saturated rings. The van der Waals surface area contributed by atoms with Crippen molar-refractivity contribution in [1.29, 1.82) is 0 Å². The number of carbonyl (C=O) groups is 1. The first kappa shape index (κ1) is 11.5. The number of methoxy groups -OCH3 is 1. The summed E-state index contributed by atoms with van der Waals surface area (Å²) < 4.78 is 4.75. The average Bonchev–Trinajstić information content (AvgIpc) is 2.10. The van der Waals surface area contributed by atoms with E-state index in [0.717, 1.165) is 0 Å². The molecule has 0 atom stereocenters. The van der Waals surface area contributed by atoms with E-state index in [1.54, 1.807) is 0 Å². The van der Waals surface area contributed by atoms with Gasteiger partial charge in [-0.3, -0.25) is 4.79 Å². The molecule has 0 aromatic heterocycles. The van der Waals surface area contributed by atoms with Crippen LogP contribution in [0.15, 0.2) is 0 Å². The molecule has 1 aliphatic rings. The minimum atomic E-state index is -0.423. The van der Waals surface area contributed by atoms with Crippen molar-refractivity contribution in [1.82, 2.24) is 5.32 Å². The van der Waals surface area contributed by atoms with Crippen molar-refractivity contribution in [3.63, 3.8) is 0 Å². The van der Waals surface area contributed by atoms with E-state index < -0.39 is 5.41 Å². The predicted octanol–water partition coefficient (Wildman–Crippen LogP) is 1.72. The number of hydrogen-bond donors (Lipinski definition) is 1. The largest absolute Gasteiger partial charge is 0.469 e. The van der Waals surface area contributed by atoms with E-state index in [9.17, 15) is 4.79 Å². The second kappa shape index (κ2) is 3.89. The molecule has 1 saturated carbocycles. The lowest BCUT2D eigenvalue weighted by atomic mass is 9.77. The lowest BCUT2D eigenvalue weighted by Crippen LogP contribution is -2.52. The molecule has 3 nitrogen and oxygen atoms in total. The van der Waals surface area contributed by atoms with Gasteiger partial charge < -0.3 is 10.1 Å². The Morgan fingerprint density at radius 2 is 2.07 bits per heavy atom. The molecule has 1 N–H and O–H groups in total. The second-order valence-electron chi connectivity index (χ2n) is 5.14. The first-order valence-corrected chi connectivity index (χ1v) is 5.23. The van der Waals surface area contributed by atoms with E-state index in [2.05, 4.69) is 12.2 Å². The van der Waals surface area contributed by atoms with Crippen LogP contribution >= 0.6 is 0 Å². The fraction of sp³-hybridized carbons (Fsp3) is 0.909. The molecule has 1 aliphatic carbocycles. The third-order valence-corrected chi connectivity index (χ3v) is 3.15. The summed E-state index contributed by atoms with van der Waals surface area (Å²) in [5.41, 5.74) is -0.168. The monoisotopic (exact) mass is 199 g/mol. The van der Waals surface area contributed by atoms with Gasteiger partial charge in [-0.05, 0) is 40.0 Å². The number of nitrogens with one attached hydrogen (secondary N) is 1. The van der Waals surface area contributed by atoms with Crippen molar-refractivity contribution in [3.05, 3.63) is 0 Å². The highest BCUT2D eigenvalue weighted by Gasteiger charge is 2.35. The Hall–Kier alpha value is -0.570. The third-order valence-electron chi connectivity index (χ3n) is 3.15. The van der Waals surface area contributed by atoms with Crippen LogP contribution in [0.25, 0.3) is 0 Å². The van der Waals surface area contributed by atoms with Gasteiger partial charge in [-0.1, -0.05) is 0 Å². The summed E-state index contributed by atoms with van der Waals surface area (Å²) in [5.74, 6) is -0.145. The van der Waals surface area contributed by atoms with Gasteiger partial charge in [0.2, 0.25) is 0 Å². The van der Waals surface area contributed by atoms with E-state index in [-0.39, 0.29) is 11.5 Å². The number of ether oxygens (including phenoxy) is 1.